The van der Waals surface area contributed by atoms with Gasteiger partial charge in [-0.2, -0.15) is 0 Å². The lowest BCUT2D eigenvalue weighted by Crippen LogP contribution is -2.29. The molecule has 1 aliphatic heterocycles. The topological polar surface area (TPSA) is 80.0 Å². The number of aliphatic hydroxyl groups excluding tert-OH is 1. The van der Waals surface area contributed by atoms with Crippen molar-refractivity contribution in [3.8, 4) is 5.75 Å². The normalized spacial score (nSPS) is 17.7. The predicted octanol–water partition coefficient (Wildman–Crippen LogP) is 5.90. The number of furan rings is 1. The first kappa shape index (κ1) is 22.7. The summed E-state index contributed by atoms with van der Waals surface area (Å²) in [6, 6.07) is 14.2. The van der Waals surface area contributed by atoms with Crippen molar-refractivity contribution >= 4 is 34.7 Å². The first-order chi connectivity index (χ1) is 15.8. The van der Waals surface area contributed by atoms with Crippen LogP contribution in [0.3, 0.4) is 0 Å². The Balaban J connectivity index is 1.81. The molecule has 6 nitrogen and oxygen atoms in total. The maximum Gasteiger partial charge on any atom is 0.300 e. The Kier molecular flexibility index (Phi) is 6.29. The molecular formula is C26H24ClNO5. The number of aliphatic hydroxyl groups is 1. The van der Waals surface area contributed by atoms with Crippen LogP contribution in [0.1, 0.15) is 36.8 Å². The third kappa shape index (κ3) is 4.39. The van der Waals surface area contributed by atoms with Crippen LogP contribution in [0.25, 0.3) is 5.76 Å². The quantitative estimate of drug-likeness (QED) is 0.278. The molecule has 3 aromatic rings. The molecule has 0 saturated carbocycles. The van der Waals surface area contributed by atoms with Crippen molar-refractivity contribution in [2.75, 3.05) is 11.5 Å². The molecule has 2 heterocycles. The molecule has 2 aromatic carbocycles. The van der Waals surface area contributed by atoms with E-state index in [0.717, 1.165) is 5.56 Å². The number of rotatable bonds is 6. The molecule has 1 fully saturated rings. The number of aryl methyl sites for hydroxylation is 1. The van der Waals surface area contributed by atoms with Gasteiger partial charge in [-0.1, -0.05) is 31.5 Å². The van der Waals surface area contributed by atoms with E-state index in [1.54, 1.807) is 54.6 Å². The molecule has 33 heavy (non-hydrogen) atoms. The third-order valence-corrected chi connectivity index (χ3v) is 5.60. The molecule has 0 aliphatic carbocycles. The average Bonchev–Trinajstić information content (AvgIpc) is 3.39. The molecule has 1 N–H and O–H groups in total. The molecule has 0 radical (unpaired) electrons. The minimum atomic E-state index is -0.935. The second-order valence-electron chi connectivity index (χ2n) is 8.35. The number of carbonyl (C=O) groups is 2. The first-order valence-corrected chi connectivity index (χ1v) is 11.0. The van der Waals surface area contributed by atoms with Gasteiger partial charge in [0.05, 0.1) is 18.4 Å². The Bertz CT molecular complexity index is 1230. The van der Waals surface area contributed by atoms with Crippen molar-refractivity contribution in [1.82, 2.24) is 0 Å². The number of ketones is 1. The minimum Gasteiger partial charge on any atom is -0.507 e. The molecule has 0 bridgehead atoms. The van der Waals surface area contributed by atoms with Gasteiger partial charge in [-0.25, -0.2) is 0 Å². The van der Waals surface area contributed by atoms with Gasteiger partial charge in [0.25, 0.3) is 11.7 Å². The van der Waals surface area contributed by atoms with Crippen molar-refractivity contribution in [3.63, 3.8) is 0 Å². The Hall–Kier alpha value is -3.51. The van der Waals surface area contributed by atoms with Crippen molar-refractivity contribution in [2.45, 2.75) is 26.8 Å². The Morgan fingerprint density at radius 1 is 1.15 bits per heavy atom. The largest absolute Gasteiger partial charge is 0.507 e. The van der Waals surface area contributed by atoms with Crippen LogP contribution in [0.2, 0.25) is 5.02 Å². The highest BCUT2D eigenvalue weighted by Crippen LogP contribution is 2.43. The van der Waals surface area contributed by atoms with Gasteiger partial charge in [-0.05, 0) is 66.9 Å². The van der Waals surface area contributed by atoms with Gasteiger partial charge in [0.1, 0.15) is 23.3 Å². The number of anilines is 1. The number of Topliss-reactive ketones (excluding diaryl/α,β-unsaturated/α-hetero) is 1. The van der Waals surface area contributed by atoms with E-state index in [4.69, 9.17) is 20.8 Å². The monoisotopic (exact) mass is 465 g/mol. The van der Waals surface area contributed by atoms with Crippen molar-refractivity contribution in [2.24, 2.45) is 5.92 Å². The van der Waals surface area contributed by atoms with Crippen molar-refractivity contribution in [3.05, 3.63) is 88.3 Å². The van der Waals surface area contributed by atoms with Crippen LogP contribution < -0.4 is 9.64 Å². The van der Waals surface area contributed by atoms with Gasteiger partial charge in [0.2, 0.25) is 0 Å². The minimum absolute atomic E-state index is 0.0508. The number of ether oxygens (including phenoxy) is 1. The standard InChI is InChI=1S/C26H24ClNO5/c1-15(2)14-33-20-10-9-17(12-16(20)3)24(29)22-23(21-8-5-11-32-21)28(26(31)25(22)30)19-7-4-6-18(27)13-19/h4-13,15,23,29H,14H2,1-3H3/b24-22-. The van der Waals surface area contributed by atoms with Gasteiger partial charge in [-0.15, -0.1) is 0 Å². The van der Waals surface area contributed by atoms with E-state index in [0.29, 0.717) is 40.3 Å². The van der Waals surface area contributed by atoms with E-state index in [1.807, 2.05) is 6.92 Å². The van der Waals surface area contributed by atoms with E-state index >= 15 is 0 Å². The van der Waals surface area contributed by atoms with Crippen molar-refractivity contribution in [1.29, 1.82) is 0 Å². The molecule has 1 aromatic heterocycles. The van der Waals surface area contributed by atoms with E-state index in [2.05, 4.69) is 13.8 Å². The van der Waals surface area contributed by atoms with Gasteiger partial charge < -0.3 is 14.3 Å². The summed E-state index contributed by atoms with van der Waals surface area (Å²) in [5, 5.41) is 11.6. The molecule has 1 aliphatic rings. The number of hydrogen-bond donors (Lipinski definition) is 1. The highest BCUT2D eigenvalue weighted by Gasteiger charge is 2.48. The first-order valence-electron chi connectivity index (χ1n) is 10.6. The van der Waals surface area contributed by atoms with Crippen LogP contribution in [0.15, 0.2) is 70.9 Å². The van der Waals surface area contributed by atoms with Crippen LogP contribution in [0, 0.1) is 12.8 Å². The molecule has 7 heteroatoms. The van der Waals surface area contributed by atoms with Crippen LogP contribution >= 0.6 is 11.6 Å². The van der Waals surface area contributed by atoms with Gasteiger partial charge in [0, 0.05) is 16.3 Å². The maximum absolute atomic E-state index is 13.1. The van der Waals surface area contributed by atoms with Crippen LogP contribution in [-0.4, -0.2) is 23.4 Å². The molecule has 1 amide bonds. The van der Waals surface area contributed by atoms with Gasteiger partial charge >= 0.3 is 0 Å². The maximum atomic E-state index is 13.1. The van der Waals surface area contributed by atoms with Crippen LogP contribution in [-0.2, 0) is 9.59 Å². The molecule has 170 valence electrons. The summed E-state index contributed by atoms with van der Waals surface area (Å²) in [4.78, 5) is 27.5. The highest BCUT2D eigenvalue weighted by atomic mass is 35.5. The van der Waals surface area contributed by atoms with Gasteiger partial charge in [0.15, 0.2) is 0 Å². The predicted molar refractivity (Wildman–Crippen MR) is 126 cm³/mol. The number of benzene rings is 2. The van der Waals surface area contributed by atoms with E-state index in [9.17, 15) is 14.7 Å². The second kappa shape index (κ2) is 9.16. The molecule has 1 saturated heterocycles. The van der Waals surface area contributed by atoms with Crippen LogP contribution in [0.5, 0.6) is 5.75 Å². The Morgan fingerprint density at radius 3 is 2.58 bits per heavy atom. The lowest BCUT2D eigenvalue weighted by Gasteiger charge is -2.23. The number of carbonyl (C=O) groups excluding carboxylic acids is 2. The third-order valence-electron chi connectivity index (χ3n) is 5.36. The summed E-state index contributed by atoms with van der Waals surface area (Å²) in [5.41, 5.74) is 1.59. The van der Waals surface area contributed by atoms with E-state index in [-0.39, 0.29) is 11.3 Å². The number of nitrogens with zero attached hydrogens (tertiary/aromatic N) is 1. The molecule has 1 atom stereocenters. The zero-order valence-electron chi connectivity index (χ0n) is 18.5. The number of halogens is 1. The summed E-state index contributed by atoms with van der Waals surface area (Å²) in [5.74, 6) is -0.432. The summed E-state index contributed by atoms with van der Waals surface area (Å²) in [6.45, 7) is 6.54. The Morgan fingerprint density at radius 2 is 1.94 bits per heavy atom. The lowest BCUT2D eigenvalue weighted by atomic mass is 9.98. The SMILES string of the molecule is Cc1cc(/C(O)=C2/C(=O)C(=O)N(c3cccc(Cl)c3)C2c2ccco2)ccc1OCC(C)C. The van der Waals surface area contributed by atoms with E-state index in [1.165, 1.54) is 11.2 Å². The summed E-state index contributed by atoms with van der Waals surface area (Å²) in [6.07, 6.45) is 1.46. The highest BCUT2D eigenvalue weighted by molar-refractivity contribution is 6.51. The zero-order chi connectivity index (χ0) is 23.7. The zero-order valence-corrected chi connectivity index (χ0v) is 19.3. The molecule has 0 spiro atoms. The second-order valence-corrected chi connectivity index (χ2v) is 8.79. The van der Waals surface area contributed by atoms with Crippen molar-refractivity contribution < 1.29 is 23.8 Å². The summed E-state index contributed by atoms with van der Waals surface area (Å²) in [7, 11) is 0. The van der Waals surface area contributed by atoms with E-state index < -0.39 is 17.7 Å². The average molecular weight is 466 g/mol. The fraction of sp³-hybridized carbons (Fsp3) is 0.231. The lowest BCUT2D eigenvalue weighted by molar-refractivity contribution is -0.132. The smallest absolute Gasteiger partial charge is 0.300 e. The molecular weight excluding hydrogens is 442 g/mol. The number of hydrogen-bond acceptors (Lipinski definition) is 5. The fourth-order valence-corrected chi connectivity index (χ4v) is 4.00. The number of amides is 1. The summed E-state index contributed by atoms with van der Waals surface area (Å²) < 4.78 is 11.4. The molecule has 4 rings (SSSR count). The van der Waals surface area contributed by atoms with Gasteiger partial charge in [-0.3, -0.25) is 14.5 Å². The molecule has 1 unspecified atom stereocenters. The fourth-order valence-electron chi connectivity index (χ4n) is 3.81. The Labute approximate surface area is 197 Å². The summed E-state index contributed by atoms with van der Waals surface area (Å²) >= 11 is 6.13. The van der Waals surface area contributed by atoms with Crippen LogP contribution in [0.4, 0.5) is 5.69 Å².